The minimum Gasteiger partial charge on any atom is -0.380 e. The molecule has 1 aromatic carbocycles. The Bertz CT molecular complexity index is 958. The summed E-state index contributed by atoms with van der Waals surface area (Å²) >= 11 is 0. The van der Waals surface area contributed by atoms with E-state index < -0.39 is 0 Å². The lowest BCUT2D eigenvalue weighted by atomic mass is 10.2. The maximum Gasteiger partial charge on any atom is 0.328 e. The molecule has 28 heavy (non-hydrogen) atoms. The lowest BCUT2D eigenvalue weighted by Gasteiger charge is -2.36. The number of piperazine rings is 1. The Kier molecular flexibility index (Phi) is 5.19. The molecule has 3 aromatic rings. The monoisotopic (exact) mass is 377 g/mol. The number of amides is 1. The predicted octanol–water partition coefficient (Wildman–Crippen LogP) is 4.04. The molecule has 0 bridgehead atoms. The van der Waals surface area contributed by atoms with Gasteiger partial charge in [0.1, 0.15) is 0 Å². The number of fused-ring (bicyclic) bond motifs is 1. The van der Waals surface area contributed by atoms with E-state index in [9.17, 15) is 4.79 Å². The number of benzene rings is 1. The average Bonchev–Trinajstić information content (AvgIpc) is 3.18. The Morgan fingerprint density at radius 3 is 2.68 bits per heavy atom. The third kappa shape index (κ3) is 3.54. The van der Waals surface area contributed by atoms with E-state index in [4.69, 9.17) is 0 Å². The number of aromatic nitrogens is 2. The predicted molar refractivity (Wildman–Crippen MR) is 114 cm³/mol. The molecule has 146 valence electrons. The van der Waals surface area contributed by atoms with Crippen LogP contribution in [0.1, 0.15) is 20.3 Å². The molecule has 0 aliphatic carbocycles. The summed E-state index contributed by atoms with van der Waals surface area (Å²) in [4.78, 5) is 21.8. The number of hydrogen-bond donors (Lipinski definition) is 1. The minimum atomic E-state index is 0.0415. The zero-order chi connectivity index (χ0) is 19.5. The number of anilines is 2. The fourth-order valence-electron chi connectivity index (χ4n) is 3.64. The van der Waals surface area contributed by atoms with Crippen molar-refractivity contribution in [1.29, 1.82) is 0 Å². The first-order chi connectivity index (χ1) is 13.7. The van der Waals surface area contributed by atoms with Crippen molar-refractivity contribution in [1.82, 2.24) is 14.5 Å². The normalized spacial score (nSPS) is 15.6. The van der Waals surface area contributed by atoms with E-state index in [0.717, 1.165) is 41.9 Å². The van der Waals surface area contributed by atoms with Crippen LogP contribution >= 0.6 is 0 Å². The van der Waals surface area contributed by atoms with E-state index >= 15 is 0 Å². The van der Waals surface area contributed by atoms with Gasteiger partial charge in [0, 0.05) is 50.0 Å². The van der Waals surface area contributed by atoms with Gasteiger partial charge in [-0.15, -0.1) is 0 Å². The van der Waals surface area contributed by atoms with Crippen molar-refractivity contribution in [2.75, 3.05) is 36.4 Å². The molecule has 1 amide bonds. The molecule has 1 atom stereocenters. The molecular formula is C22H27N5O. The Labute approximate surface area is 165 Å². The van der Waals surface area contributed by atoms with Crippen LogP contribution in [0.25, 0.3) is 10.9 Å². The van der Waals surface area contributed by atoms with Crippen molar-refractivity contribution in [2.24, 2.45) is 0 Å². The molecule has 1 aliphatic rings. The molecule has 0 spiro atoms. The van der Waals surface area contributed by atoms with Gasteiger partial charge in [0.05, 0.1) is 11.2 Å². The van der Waals surface area contributed by atoms with Crippen molar-refractivity contribution in [3.8, 4) is 0 Å². The van der Waals surface area contributed by atoms with E-state index in [1.54, 1.807) is 4.57 Å². The number of nitrogens with zero attached hydrogens (tertiary/aromatic N) is 4. The molecule has 0 radical (unpaired) electrons. The van der Waals surface area contributed by atoms with E-state index in [0.29, 0.717) is 19.1 Å². The summed E-state index contributed by atoms with van der Waals surface area (Å²) < 4.78 is 1.75. The number of para-hydroxylation sites is 1. The van der Waals surface area contributed by atoms with Crippen molar-refractivity contribution < 1.29 is 4.79 Å². The number of carbonyl (C=O) groups is 1. The SMILES string of the molecule is CCC(C)Nc1cccnc1N1CCN(C(=O)n2ccc3ccccc32)CC1. The Hall–Kier alpha value is -3.02. The molecule has 1 fully saturated rings. The molecule has 2 aromatic heterocycles. The largest absolute Gasteiger partial charge is 0.380 e. The summed E-state index contributed by atoms with van der Waals surface area (Å²) in [5.41, 5.74) is 2.02. The highest BCUT2D eigenvalue weighted by Gasteiger charge is 2.25. The van der Waals surface area contributed by atoms with Crippen molar-refractivity contribution in [3.05, 3.63) is 54.9 Å². The molecule has 4 rings (SSSR count). The highest BCUT2D eigenvalue weighted by atomic mass is 16.2. The molecule has 1 saturated heterocycles. The summed E-state index contributed by atoms with van der Waals surface area (Å²) in [6, 6.07) is 14.5. The fourth-order valence-corrected chi connectivity index (χ4v) is 3.64. The van der Waals surface area contributed by atoms with E-state index in [1.165, 1.54) is 0 Å². The number of hydrogen-bond acceptors (Lipinski definition) is 4. The first-order valence-electron chi connectivity index (χ1n) is 9.99. The molecule has 6 heteroatoms. The summed E-state index contributed by atoms with van der Waals surface area (Å²) in [7, 11) is 0. The van der Waals surface area contributed by atoms with Gasteiger partial charge in [-0.25, -0.2) is 9.78 Å². The molecule has 6 nitrogen and oxygen atoms in total. The highest BCUT2D eigenvalue weighted by molar-refractivity contribution is 5.91. The average molecular weight is 377 g/mol. The van der Waals surface area contributed by atoms with Gasteiger partial charge in [-0.05, 0) is 37.6 Å². The zero-order valence-electron chi connectivity index (χ0n) is 16.5. The van der Waals surface area contributed by atoms with Crippen LogP contribution in [0.2, 0.25) is 0 Å². The van der Waals surface area contributed by atoms with Crippen LogP contribution in [-0.4, -0.2) is 52.7 Å². The van der Waals surface area contributed by atoms with Crippen molar-refractivity contribution in [3.63, 3.8) is 0 Å². The van der Waals surface area contributed by atoms with Crippen LogP contribution in [-0.2, 0) is 0 Å². The Balaban J connectivity index is 1.46. The third-order valence-electron chi connectivity index (χ3n) is 5.46. The smallest absolute Gasteiger partial charge is 0.328 e. The van der Waals surface area contributed by atoms with Crippen LogP contribution in [0.3, 0.4) is 0 Å². The summed E-state index contributed by atoms with van der Waals surface area (Å²) in [6.45, 7) is 7.27. The van der Waals surface area contributed by atoms with Gasteiger partial charge < -0.3 is 15.1 Å². The first kappa shape index (κ1) is 18.3. The lowest BCUT2D eigenvalue weighted by molar-refractivity contribution is 0.197. The van der Waals surface area contributed by atoms with Crippen LogP contribution < -0.4 is 10.2 Å². The van der Waals surface area contributed by atoms with Crippen molar-refractivity contribution in [2.45, 2.75) is 26.3 Å². The van der Waals surface area contributed by atoms with E-state index in [2.05, 4.69) is 35.1 Å². The molecule has 1 N–H and O–H groups in total. The highest BCUT2D eigenvalue weighted by Crippen LogP contribution is 2.25. The van der Waals surface area contributed by atoms with Gasteiger partial charge in [0.15, 0.2) is 5.82 Å². The standard InChI is InChI=1S/C22H27N5O/c1-3-17(2)24-19-8-6-11-23-21(19)25-13-15-26(16-14-25)22(28)27-12-10-18-7-4-5-9-20(18)27/h4-12,17,24H,3,13-16H2,1-2H3. The minimum absolute atomic E-state index is 0.0415. The maximum absolute atomic E-state index is 13.0. The van der Waals surface area contributed by atoms with Crippen molar-refractivity contribution >= 4 is 28.4 Å². The Morgan fingerprint density at radius 1 is 1.11 bits per heavy atom. The van der Waals surface area contributed by atoms with Gasteiger partial charge in [-0.1, -0.05) is 25.1 Å². The fraction of sp³-hybridized carbons (Fsp3) is 0.364. The quantitative estimate of drug-likeness (QED) is 0.746. The van der Waals surface area contributed by atoms with Crippen LogP contribution in [0.15, 0.2) is 54.9 Å². The number of pyridine rings is 1. The van der Waals surface area contributed by atoms with E-state index in [-0.39, 0.29) is 6.03 Å². The molecule has 0 saturated carbocycles. The zero-order valence-corrected chi connectivity index (χ0v) is 16.5. The molecule has 3 heterocycles. The number of nitrogens with one attached hydrogen (secondary N) is 1. The topological polar surface area (TPSA) is 53.4 Å². The molecular weight excluding hydrogens is 350 g/mol. The summed E-state index contributed by atoms with van der Waals surface area (Å²) in [5.74, 6) is 0.973. The van der Waals surface area contributed by atoms with Gasteiger partial charge in [0.2, 0.25) is 0 Å². The molecule has 1 aliphatic heterocycles. The summed E-state index contributed by atoms with van der Waals surface area (Å²) in [5, 5.41) is 4.63. The maximum atomic E-state index is 13.0. The van der Waals surface area contributed by atoms with E-state index in [1.807, 2.05) is 53.7 Å². The molecule has 1 unspecified atom stereocenters. The first-order valence-corrected chi connectivity index (χ1v) is 9.99. The second kappa shape index (κ2) is 7.92. The lowest BCUT2D eigenvalue weighted by Crippen LogP contribution is -2.50. The van der Waals surface area contributed by atoms with Gasteiger partial charge >= 0.3 is 6.03 Å². The van der Waals surface area contributed by atoms with Gasteiger partial charge in [0.25, 0.3) is 0 Å². The Morgan fingerprint density at radius 2 is 1.89 bits per heavy atom. The third-order valence-corrected chi connectivity index (χ3v) is 5.46. The van der Waals surface area contributed by atoms with Crippen LogP contribution in [0, 0.1) is 0 Å². The second-order valence-electron chi connectivity index (χ2n) is 7.33. The van der Waals surface area contributed by atoms with Gasteiger partial charge in [-0.3, -0.25) is 4.57 Å². The van der Waals surface area contributed by atoms with Crippen LogP contribution in [0.5, 0.6) is 0 Å². The van der Waals surface area contributed by atoms with Gasteiger partial charge in [-0.2, -0.15) is 0 Å². The van der Waals surface area contributed by atoms with Crippen LogP contribution in [0.4, 0.5) is 16.3 Å². The number of rotatable bonds is 4. The summed E-state index contributed by atoms with van der Waals surface area (Å²) in [6.07, 6.45) is 4.76. The number of carbonyl (C=O) groups excluding carboxylic acids is 1. The second-order valence-corrected chi connectivity index (χ2v) is 7.33.